The number of piperazine rings is 1. The minimum absolute atomic E-state index is 0.0899. The summed E-state index contributed by atoms with van der Waals surface area (Å²) in [4.78, 5) is 44.7. The molecule has 168 valence electrons. The van der Waals surface area contributed by atoms with Gasteiger partial charge < -0.3 is 15.1 Å². The number of nitrogens with zero attached hydrogens (tertiary/aromatic N) is 3. The molecule has 0 bridgehead atoms. The average Bonchev–Trinajstić information content (AvgIpc) is 2.84. The summed E-state index contributed by atoms with van der Waals surface area (Å²) in [5.41, 5.74) is 2.38. The Bertz CT molecular complexity index is 1150. The van der Waals surface area contributed by atoms with Gasteiger partial charge in [-0.2, -0.15) is 0 Å². The highest BCUT2D eigenvalue weighted by Gasteiger charge is 2.32. The number of benzene rings is 2. The number of hydrogen-bond acceptors (Lipinski definition) is 4. The van der Waals surface area contributed by atoms with Crippen molar-refractivity contribution in [2.45, 2.75) is 19.6 Å². The van der Waals surface area contributed by atoms with Gasteiger partial charge >= 0.3 is 11.8 Å². The molecule has 1 aromatic heterocycles. The normalized spacial score (nSPS) is 13.8. The molecule has 3 amide bonds. The second kappa shape index (κ2) is 10.0. The smallest absolute Gasteiger partial charge is 0.312 e. The molecule has 8 heteroatoms. The van der Waals surface area contributed by atoms with Crippen LogP contribution in [0.5, 0.6) is 0 Å². The molecule has 3 aromatic rings. The van der Waals surface area contributed by atoms with Crippen LogP contribution in [0.1, 0.15) is 27.2 Å². The standard InChI is InChI=1S/C25H23FN4O3/c26-22-7-2-1-5-20(22)15-28-23(31)19-10-8-18(9-11-19)16-29-13-14-30(25(33)24(29)32)17-21-6-3-4-12-27-21/h1-12H,13-17H2,(H,28,31). The predicted molar refractivity (Wildman–Crippen MR) is 119 cm³/mol. The van der Waals surface area contributed by atoms with Gasteiger partial charge in [0.05, 0.1) is 12.2 Å². The Hall–Kier alpha value is -4.07. The Morgan fingerprint density at radius 2 is 1.55 bits per heavy atom. The van der Waals surface area contributed by atoms with Gasteiger partial charge in [0.2, 0.25) is 0 Å². The number of rotatable bonds is 7. The Balaban J connectivity index is 1.31. The van der Waals surface area contributed by atoms with Crippen molar-refractivity contribution in [2.24, 2.45) is 0 Å². The summed E-state index contributed by atoms with van der Waals surface area (Å²) in [7, 11) is 0. The van der Waals surface area contributed by atoms with Gasteiger partial charge in [0, 0.05) is 43.5 Å². The maximum absolute atomic E-state index is 13.7. The molecule has 0 atom stereocenters. The first kappa shape index (κ1) is 22.1. The number of carbonyl (C=O) groups excluding carboxylic acids is 3. The van der Waals surface area contributed by atoms with E-state index in [1.54, 1.807) is 54.7 Å². The molecule has 7 nitrogen and oxygen atoms in total. The molecule has 0 unspecified atom stereocenters. The fourth-order valence-corrected chi connectivity index (χ4v) is 3.61. The van der Waals surface area contributed by atoms with Crippen LogP contribution in [-0.4, -0.2) is 45.6 Å². The topological polar surface area (TPSA) is 82.6 Å². The lowest BCUT2D eigenvalue weighted by Gasteiger charge is -2.33. The van der Waals surface area contributed by atoms with E-state index < -0.39 is 11.8 Å². The molecule has 2 aromatic carbocycles. The van der Waals surface area contributed by atoms with Gasteiger partial charge in [0.1, 0.15) is 5.82 Å². The summed E-state index contributed by atoms with van der Waals surface area (Å²) in [6.45, 7) is 1.52. The lowest BCUT2D eigenvalue weighted by atomic mass is 10.1. The van der Waals surface area contributed by atoms with Crippen LogP contribution in [0.2, 0.25) is 0 Å². The van der Waals surface area contributed by atoms with Crippen LogP contribution in [0.4, 0.5) is 4.39 Å². The Morgan fingerprint density at radius 3 is 2.21 bits per heavy atom. The lowest BCUT2D eigenvalue weighted by molar-refractivity contribution is -0.156. The molecule has 0 aliphatic carbocycles. The van der Waals surface area contributed by atoms with Crippen molar-refractivity contribution in [1.82, 2.24) is 20.1 Å². The highest BCUT2D eigenvalue weighted by Crippen LogP contribution is 2.14. The molecule has 0 radical (unpaired) electrons. The molecule has 0 saturated carbocycles. The zero-order valence-corrected chi connectivity index (χ0v) is 17.9. The van der Waals surface area contributed by atoms with E-state index in [4.69, 9.17) is 0 Å². The summed E-state index contributed by atoms with van der Waals surface area (Å²) in [6.07, 6.45) is 1.65. The number of pyridine rings is 1. The van der Waals surface area contributed by atoms with E-state index in [-0.39, 0.29) is 24.8 Å². The number of halogens is 1. The second-order valence-corrected chi connectivity index (χ2v) is 7.75. The molecule has 0 spiro atoms. The van der Waals surface area contributed by atoms with E-state index in [2.05, 4.69) is 10.3 Å². The van der Waals surface area contributed by atoms with Crippen molar-refractivity contribution in [2.75, 3.05) is 13.1 Å². The molecular weight excluding hydrogens is 423 g/mol. The third-order valence-electron chi connectivity index (χ3n) is 5.46. The zero-order chi connectivity index (χ0) is 23.2. The molecule has 4 rings (SSSR count). The molecule has 1 saturated heterocycles. The summed E-state index contributed by atoms with van der Waals surface area (Å²) in [6, 6.07) is 18.5. The monoisotopic (exact) mass is 446 g/mol. The van der Waals surface area contributed by atoms with E-state index >= 15 is 0 Å². The number of aromatic nitrogens is 1. The quantitative estimate of drug-likeness (QED) is 0.566. The first-order valence-corrected chi connectivity index (χ1v) is 10.6. The van der Waals surface area contributed by atoms with E-state index in [0.717, 1.165) is 11.3 Å². The molecule has 33 heavy (non-hydrogen) atoms. The highest BCUT2D eigenvalue weighted by atomic mass is 19.1. The SMILES string of the molecule is O=C(NCc1ccccc1F)c1ccc(CN2CCN(Cc3ccccn3)C(=O)C2=O)cc1. The fourth-order valence-electron chi connectivity index (χ4n) is 3.61. The predicted octanol–water partition coefficient (Wildman–Crippen LogP) is 2.52. The third-order valence-corrected chi connectivity index (χ3v) is 5.46. The van der Waals surface area contributed by atoms with Crippen LogP contribution in [0.15, 0.2) is 72.9 Å². The Kier molecular flexibility index (Phi) is 6.73. The fraction of sp³-hybridized carbons (Fsp3) is 0.200. The van der Waals surface area contributed by atoms with Gasteiger partial charge in [-0.15, -0.1) is 0 Å². The first-order chi connectivity index (χ1) is 16.0. The van der Waals surface area contributed by atoms with E-state index in [1.165, 1.54) is 15.9 Å². The van der Waals surface area contributed by atoms with Gasteiger partial charge in [-0.05, 0) is 35.9 Å². The van der Waals surface area contributed by atoms with Crippen LogP contribution in [0.25, 0.3) is 0 Å². The van der Waals surface area contributed by atoms with Crippen molar-refractivity contribution in [3.63, 3.8) is 0 Å². The summed E-state index contributed by atoms with van der Waals surface area (Å²) in [5, 5.41) is 2.70. The molecule has 1 fully saturated rings. The van der Waals surface area contributed by atoms with Gasteiger partial charge in [-0.25, -0.2) is 4.39 Å². The Morgan fingerprint density at radius 1 is 0.879 bits per heavy atom. The van der Waals surface area contributed by atoms with Gasteiger partial charge in [-0.3, -0.25) is 19.4 Å². The third kappa shape index (κ3) is 5.41. The van der Waals surface area contributed by atoms with Crippen molar-refractivity contribution < 1.29 is 18.8 Å². The maximum Gasteiger partial charge on any atom is 0.312 e. The van der Waals surface area contributed by atoms with Crippen molar-refractivity contribution >= 4 is 17.7 Å². The first-order valence-electron chi connectivity index (χ1n) is 10.6. The van der Waals surface area contributed by atoms with Gasteiger partial charge in [-0.1, -0.05) is 36.4 Å². The number of nitrogens with one attached hydrogen (secondary N) is 1. The molecular formula is C25H23FN4O3. The molecule has 1 aliphatic heterocycles. The number of hydrogen-bond donors (Lipinski definition) is 1. The molecule has 2 heterocycles. The average molecular weight is 446 g/mol. The van der Waals surface area contributed by atoms with Gasteiger partial charge in [0.25, 0.3) is 5.91 Å². The van der Waals surface area contributed by atoms with Crippen molar-refractivity contribution in [1.29, 1.82) is 0 Å². The van der Waals surface area contributed by atoms with Crippen LogP contribution in [-0.2, 0) is 29.2 Å². The van der Waals surface area contributed by atoms with E-state index in [9.17, 15) is 18.8 Å². The Labute approximate surface area is 190 Å². The van der Waals surface area contributed by atoms with Crippen LogP contribution >= 0.6 is 0 Å². The van der Waals surface area contributed by atoms with E-state index in [0.29, 0.717) is 30.8 Å². The second-order valence-electron chi connectivity index (χ2n) is 7.75. The summed E-state index contributed by atoms with van der Waals surface area (Å²) < 4.78 is 13.7. The largest absolute Gasteiger partial charge is 0.348 e. The summed E-state index contributed by atoms with van der Waals surface area (Å²) >= 11 is 0. The lowest BCUT2D eigenvalue weighted by Crippen LogP contribution is -2.53. The highest BCUT2D eigenvalue weighted by molar-refractivity contribution is 6.35. The van der Waals surface area contributed by atoms with E-state index in [1.807, 2.05) is 12.1 Å². The van der Waals surface area contributed by atoms with Crippen LogP contribution < -0.4 is 5.32 Å². The van der Waals surface area contributed by atoms with Crippen molar-refractivity contribution in [3.8, 4) is 0 Å². The number of amides is 3. The van der Waals surface area contributed by atoms with Gasteiger partial charge in [0.15, 0.2) is 0 Å². The molecule has 1 aliphatic rings. The molecule has 1 N–H and O–H groups in total. The minimum atomic E-state index is -0.552. The number of carbonyl (C=O) groups is 3. The van der Waals surface area contributed by atoms with Crippen molar-refractivity contribution in [3.05, 3.63) is 101 Å². The zero-order valence-electron chi connectivity index (χ0n) is 17.9. The minimum Gasteiger partial charge on any atom is -0.348 e. The van der Waals surface area contributed by atoms with Crippen LogP contribution in [0, 0.1) is 5.82 Å². The van der Waals surface area contributed by atoms with Crippen LogP contribution in [0.3, 0.4) is 0 Å². The maximum atomic E-state index is 13.7. The summed E-state index contributed by atoms with van der Waals surface area (Å²) in [5.74, 6) is -1.79.